The van der Waals surface area contributed by atoms with Gasteiger partial charge < -0.3 is 15.4 Å². The lowest BCUT2D eigenvalue weighted by atomic mass is 9.76. The molecule has 0 aromatic carbocycles. The van der Waals surface area contributed by atoms with Gasteiger partial charge in [0, 0.05) is 6.54 Å². The van der Waals surface area contributed by atoms with E-state index >= 15 is 0 Å². The van der Waals surface area contributed by atoms with E-state index in [2.05, 4.69) is 5.32 Å². The van der Waals surface area contributed by atoms with Gasteiger partial charge in [0.25, 0.3) is 0 Å². The summed E-state index contributed by atoms with van der Waals surface area (Å²) in [5.41, 5.74) is 0.730. The topological polar surface area (TPSA) is 52.5 Å². The highest BCUT2D eigenvalue weighted by atomic mass is 35.5. The fourth-order valence-corrected chi connectivity index (χ4v) is 0.875. The molecule has 0 radical (unpaired) electrons. The molecule has 0 unspecified atom stereocenters. The highest BCUT2D eigenvalue weighted by molar-refractivity contribution is 6.50. The van der Waals surface area contributed by atoms with Gasteiger partial charge in [0.15, 0.2) is 0 Å². The van der Waals surface area contributed by atoms with Crippen LogP contribution in [0.15, 0.2) is 11.5 Å². The van der Waals surface area contributed by atoms with E-state index in [0.29, 0.717) is 0 Å². The Morgan fingerprint density at radius 3 is 2.50 bits per heavy atom. The Kier molecular flexibility index (Phi) is 4.73. The summed E-state index contributed by atoms with van der Waals surface area (Å²) < 4.78 is 0. The summed E-state index contributed by atoms with van der Waals surface area (Å²) in [6.07, 6.45) is 2.56. The van der Waals surface area contributed by atoms with Crippen molar-refractivity contribution in [3.05, 3.63) is 11.5 Å². The number of halogens is 1. The first-order chi connectivity index (χ1) is 4.30. The Morgan fingerprint density at radius 2 is 2.20 bits per heavy atom. The van der Waals surface area contributed by atoms with Crippen molar-refractivity contribution in [2.75, 3.05) is 13.1 Å². The van der Waals surface area contributed by atoms with Crippen molar-refractivity contribution < 1.29 is 10.0 Å². The number of hydrogen-bond donors (Lipinski definition) is 3. The zero-order chi connectivity index (χ0) is 6.69. The lowest BCUT2D eigenvalue weighted by Gasteiger charge is -2.12. The largest absolute Gasteiger partial charge is 0.483 e. The van der Waals surface area contributed by atoms with Crippen molar-refractivity contribution in [1.29, 1.82) is 0 Å². The Hall–Kier alpha value is -0.0251. The van der Waals surface area contributed by atoms with Crippen LogP contribution in [0.3, 0.4) is 0 Å². The third-order valence-electron chi connectivity index (χ3n) is 1.43. The second kappa shape index (κ2) is 4.74. The molecule has 0 fully saturated rings. The molecule has 3 nitrogen and oxygen atoms in total. The normalized spacial score (nSPS) is 17.2. The lowest BCUT2D eigenvalue weighted by molar-refractivity contribution is 0.414. The second-order valence-corrected chi connectivity index (χ2v) is 2.11. The first-order valence-electron chi connectivity index (χ1n) is 3.06. The van der Waals surface area contributed by atoms with E-state index in [0.717, 1.165) is 25.0 Å². The summed E-state index contributed by atoms with van der Waals surface area (Å²) in [6.45, 7) is 1.61. The number of rotatable bonds is 1. The number of hydrogen-bond acceptors (Lipinski definition) is 3. The summed E-state index contributed by atoms with van der Waals surface area (Å²) in [7, 11) is -1.24. The van der Waals surface area contributed by atoms with Crippen molar-refractivity contribution in [3.8, 4) is 0 Å². The average molecular weight is 163 g/mol. The minimum Gasteiger partial charge on any atom is -0.423 e. The molecule has 3 N–H and O–H groups in total. The van der Waals surface area contributed by atoms with Gasteiger partial charge in [-0.25, -0.2) is 0 Å². The summed E-state index contributed by atoms with van der Waals surface area (Å²) in [6, 6.07) is 0. The Bertz CT molecular complexity index is 129. The third kappa shape index (κ3) is 2.71. The molecule has 0 aliphatic carbocycles. The summed E-state index contributed by atoms with van der Waals surface area (Å²) in [4.78, 5) is 0. The molecule has 1 rings (SSSR count). The smallest absolute Gasteiger partial charge is 0.423 e. The maximum atomic E-state index is 8.64. The first-order valence-corrected chi connectivity index (χ1v) is 3.06. The molecule has 10 heavy (non-hydrogen) atoms. The fourth-order valence-electron chi connectivity index (χ4n) is 0.875. The van der Waals surface area contributed by atoms with Crippen LogP contribution in [0.1, 0.15) is 6.42 Å². The zero-order valence-corrected chi connectivity index (χ0v) is 6.40. The van der Waals surface area contributed by atoms with E-state index in [1.165, 1.54) is 0 Å². The van der Waals surface area contributed by atoms with Crippen molar-refractivity contribution in [2.24, 2.45) is 0 Å². The molecule has 0 aromatic rings. The molecule has 0 amide bonds. The third-order valence-corrected chi connectivity index (χ3v) is 1.43. The molecule has 58 valence electrons. The van der Waals surface area contributed by atoms with E-state index in [1.54, 1.807) is 0 Å². The summed E-state index contributed by atoms with van der Waals surface area (Å²) in [5, 5.41) is 20.3. The maximum Gasteiger partial charge on any atom is 0.483 e. The average Bonchev–Trinajstić information content (AvgIpc) is 1.90. The molecule has 5 heteroatoms. The van der Waals surface area contributed by atoms with E-state index in [4.69, 9.17) is 10.0 Å². The van der Waals surface area contributed by atoms with Crippen LogP contribution in [0.4, 0.5) is 0 Å². The van der Waals surface area contributed by atoms with Crippen LogP contribution in [0.25, 0.3) is 0 Å². The molecular weight excluding hydrogens is 152 g/mol. The molecule has 0 bridgehead atoms. The molecule has 0 saturated carbocycles. The van der Waals surface area contributed by atoms with Gasteiger partial charge in [0.2, 0.25) is 0 Å². The quantitative estimate of drug-likeness (QED) is 0.450. The monoisotopic (exact) mass is 163 g/mol. The Balaban J connectivity index is 0.000000810. The van der Waals surface area contributed by atoms with Gasteiger partial charge in [-0.15, -0.1) is 12.4 Å². The molecule has 0 saturated heterocycles. The van der Waals surface area contributed by atoms with E-state index in [9.17, 15) is 0 Å². The van der Waals surface area contributed by atoms with Gasteiger partial charge in [-0.1, -0.05) is 6.08 Å². The van der Waals surface area contributed by atoms with Crippen molar-refractivity contribution in [2.45, 2.75) is 6.42 Å². The Labute approximate surface area is 66.7 Å². The van der Waals surface area contributed by atoms with Crippen LogP contribution >= 0.6 is 12.4 Å². The standard InChI is InChI=1S/C5H10BNO2.ClH/c8-6(9)5-1-3-7-4-2-5;/h1,7-9H,2-4H2;1H. The van der Waals surface area contributed by atoms with Crippen LogP contribution in [0, 0.1) is 0 Å². The zero-order valence-electron chi connectivity index (χ0n) is 5.58. The summed E-state index contributed by atoms with van der Waals surface area (Å²) >= 11 is 0. The van der Waals surface area contributed by atoms with Gasteiger partial charge in [-0.3, -0.25) is 0 Å². The maximum absolute atomic E-state index is 8.64. The van der Waals surface area contributed by atoms with E-state index < -0.39 is 7.12 Å². The lowest BCUT2D eigenvalue weighted by Crippen LogP contribution is -2.27. The van der Waals surface area contributed by atoms with Crippen molar-refractivity contribution in [1.82, 2.24) is 5.32 Å². The van der Waals surface area contributed by atoms with Crippen LogP contribution in [-0.2, 0) is 0 Å². The van der Waals surface area contributed by atoms with Crippen LogP contribution in [0.5, 0.6) is 0 Å². The molecule has 0 aromatic heterocycles. The van der Waals surface area contributed by atoms with Crippen molar-refractivity contribution >= 4 is 19.5 Å². The van der Waals surface area contributed by atoms with Gasteiger partial charge in [-0.2, -0.15) is 0 Å². The van der Waals surface area contributed by atoms with Crippen LogP contribution < -0.4 is 5.32 Å². The predicted molar refractivity (Wildman–Crippen MR) is 43.0 cm³/mol. The minimum atomic E-state index is -1.24. The Morgan fingerprint density at radius 1 is 1.50 bits per heavy atom. The molecule has 1 heterocycles. The molecule has 0 atom stereocenters. The number of nitrogens with one attached hydrogen (secondary N) is 1. The van der Waals surface area contributed by atoms with Gasteiger partial charge in [0.1, 0.15) is 0 Å². The van der Waals surface area contributed by atoms with E-state index in [1.807, 2.05) is 6.08 Å². The minimum absolute atomic E-state index is 0. The van der Waals surface area contributed by atoms with Crippen molar-refractivity contribution in [3.63, 3.8) is 0 Å². The fraction of sp³-hybridized carbons (Fsp3) is 0.600. The second-order valence-electron chi connectivity index (χ2n) is 2.11. The van der Waals surface area contributed by atoms with Gasteiger partial charge >= 0.3 is 7.12 Å². The predicted octanol–water partition coefficient (Wildman–Crippen LogP) is -0.660. The molecule has 1 aliphatic heterocycles. The van der Waals surface area contributed by atoms with Gasteiger partial charge in [-0.05, 0) is 18.4 Å². The molecule has 0 spiro atoms. The first kappa shape index (κ1) is 9.97. The molecule has 1 aliphatic rings. The highest BCUT2D eigenvalue weighted by Crippen LogP contribution is 2.03. The molecular formula is C5H11BClNO2. The van der Waals surface area contributed by atoms with Crippen LogP contribution in [-0.4, -0.2) is 30.3 Å². The summed E-state index contributed by atoms with van der Waals surface area (Å²) in [5.74, 6) is 0. The van der Waals surface area contributed by atoms with Crippen LogP contribution in [0.2, 0.25) is 0 Å². The SMILES string of the molecule is Cl.OB(O)C1=CCNCC1. The van der Waals surface area contributed by atoms with E-state index in [-0.39, 0.29) is 12.4 Å². The highest BCUT2D eigenvalue weighted by Gasteiger charge is 2.15. The van der Waals surface area contributed by atoms with Gasteiger partial charge in [0.05, 0.1) is 0 Å².